The van der Waals surface area contributed by atoms with Gasteiger partial charge in [-0.25, -0.2) is 4.79 Å². The maximum absolute atomic E-state index is 13.9. The predicted octanol–water partition coefficient (Wildman–Crippen LogP) is 5.87. The van der Waals surface area contributed by atoms with E-state index in [9.17, 15) is 24.3 Å². The van der Waals surface area contributed by atoms with E-state index >= 15 is 0 Å². The number of aliphatic hydroxyl groups excluding tert-OH is 1. The molecule has 1 saturated carbocycles. The highest BCUT2D eigenvalue weighted by atomic mass is 35.5. The van der Waals surface area contributed by atoms with Crippen molar-refractivity contribution < 1.29 is 24.2 Å². The van der Waals surface area contributed by atoms with Crippen LogP contribution in [0.5, 0.6) is 5.75 Å². The lowest BCUT2D eigenvalue weighted by molar-refractivity contribution is -0.129. The Labute approximate surface area is 371 Å². The Morgan fingerprint density at radius 2 is 1.70 bits per heavy atom. The first-order valence-corrected chi connectivity index (χ1v) is 23.6. The van der Waals surface area contributed by atoms with Gasteiger partial charge < -0.3 is 29.9 Å². The van der Waals surface area contributed by atoms with Crippen LogP contribution in [0.1, 0.15) is 121 Å². The minimum atomic E-state index is -1.09. The molecule has 8 aliphatic rings. The summed E-state index contributed by atoms with van der Waals surface area (Å²) in [6, 6.07) is 14.9. The molecule has 1 aliphatic carbocycles. The molecule has 8 heterocycles. The molecule has 4 aromatic rings. The van der Waals surface area contributed by atoms with Gasteiger partial charge in [0.25, 0.3) is 11.5 Å². The number of ether oxygens (including phenoxy) is 1. The Morgan fingerprint density at radius 1 is 0.921 bits per heavy atom. The van der Waals surface area contributed by atoms with Gasteiger partial charge in [0.1, 0.15) is 17.8 Å². The molecule has 328 valence electrons. The van der Waals surface area contributed by atoms with Crippen molar-refractivity contribution in [2.75, 3.05) is 45.9 Å². The fourth-order valence-electron chi connectivity index (χ4n) is 13.0. The van der Waals surface area contributed by atoms with Crippen LogP contribution < -0.4 is 15.6 Å². The molecule has 3 aromatic carbocycles. The Balaban J connectivity index is 0.679. The van der Waals surface area contributed by atoms with Crippen molar-refractivity contribution in [2.24, 2.45) is 0 Å². The number of aryl methyl sites for hydroxylation is 1. The van der Waals surface area contributed by atoms with Gasteiger partial charge in [-0.2, -0.15) is 4.98 Å². The monoisotopic (exact) mass is 871 g/mol. The van der Waals surface area contributed by atoms with Gasteiger partial charge in [-0.1, -0.05) is 55.1 Å². The molecule has 1 unspecified atom stereocenters. The van der Waals surface area contributed by atoms with Crippen LogP contribution in [0.15, 0.2) is 47.3 Å². The van der Waals surface area contributed by atoms with Gasteiger partial charge >= 0.3 is 6.03 Å². The van der Waals surface area contributed by atoms with E-state index in [1.54, 1.807) is 11.0 Å². The minimum Gasteiger partial charge on any atom is -0.492 e. The number of urea groups is 1. The van der Waals surface area contributed by atoms with E-state index in [4.69, 9.17) is 21.3 Å². The van der Waals surface area contributed by atoms with E-state index in [2.05, 4.69) is 39.0 Å². The number of hydrogen-bond acceptors (Lipinski definition) is 8. The number of benzene rings is 3. The molecular weight excluding hydrogens is 818 g/mol. The van der Waals surface area contributed by atoms with Gasteiger partial charge in [0.15, 0.2) is 0 Å². The summed E-state index contributed by atoms with van der Waals surface area (Å²) >= 11 is 6.58. The third-order valence-electron chi connectivity index (χ3n) is 16.6. The van der Waals surface area contributed by atoms with E-state index < -0.39 is 12.3 Å². The van der Waals surface area contributed by atoms with Crippen LogP contribution in [0.4, 0.5) is 4.79 Å². The minimum absolute atomic E-state index is 0.120. The molecule has 13 nitrogen and oxygen atoms in total. The van der Waals surface area contributed by atoms with E-state index in [1.807, 2.05) is 28.9 Å². The number of halogens is 1. The van der Waals surface area contributed by atoms with Crippen LogP contribution >= 0.6 is 11.6 Å². The van der Waals surface area contributed by atoms with Crippen molar-refractivity contribution >= 4 is 40.3 Å². The summed E-state index contributed by atoms with van der Waals surface area (Å²) in [5, 5.41) is 14.2. The predicted molar refractivity (Wildman–Crippen MR) is 237 cm³/mol. The number of likely N-dealkylation sites (tertiary alicyclic amines) is 3. The van der Waals surface area contributed by atoms with Crippen molar-refractivity contribution in [3.63, 3.8) is 0 Å². The van der Waals surface area contributed by atoms with Gasteiger partial charge in [0.2, 0.25) is 5.91 Å². The molecule has 12 rings (SSSR count). The topological polar surface area (TPSA) is 141 Å². The lowest BCUT2D eigenvalue weighted by Crippen LogP contribution is -2.65. The zero-order valence-electron chi connectivity index (χ0n) is 35.8. The van der Waals surface area contributed by atoms with Crippen LogP contribution in [0.25, 0.3) is 16.6 Å². The molecule has 2 N–H and O–H groups in total. The summed E-state index contributed by atoms with van der Waals surface area (Å²) in [5.41, 5.74) is 7.56. The Hall–Kier alpha value is -4.98. The summed E-state index contributed by atoms with van der Waals surface area (Å²) in [6.07, 6.45) is 8.81. The fraction of sp³-hybridized carbons (Fsp3) is 0.531. The highest BCUT2D eigenvalue weighted by Crippen LogP contribution is 2.53. The summed E-state index contributed by atoms with van der Waals surface area (Å²) in [6.45, 7) is 7.72. The number of piperidine rings is 3. The molecule has 0 bridgehead atoms. The summed E-state index contributed by atoms with van der Waals surface area (Å²) < 4.78 is 8.67. The Bertz CT molecular complexity index is 2670. The number of nitrogens with zero attached hydrogens (tertiary/aromatic N) is 6. The van der Waals surface area contributed by atoms with Gasteiger partial charge in [0, 0.05) is 55.2 Å². The fourth-order valence-corrected chi connectivity index (χ4v) is 13.3. The molecule has 2 atom stereocenters. The zero-order valence-corrected chi connectivity index (χ0v) is 36.6. The number of rotatable bonds is 3. The highest BCUT2D eigenvalue weighted by molar-refractivity contribution is 6.35. The van der Waals surface area contributed by atoms with Gasteiger partial charge in [0.05, 0.1) is 51.8 Å². The van der Waals surface area contributed by atoms with Gasteiger partial charge in [-0.05, 0) is 106 Å². The summed E-state index contributed by atoms with van der Waals surface area (Å²) in [5.74, 6) is 1.81. The number of aromatic nitrogens is 2. The molecular formula is C49H54ClN7O6. The second-order valence-corrected chi connectivity index (χ2v) is 20.2. The van der Waals surface area contributed by atoms with E-state index in [1.165, 1.54) is 17.5 Å². The Morgan fingerprint density at radius 3 is 2.46 bits per heavy atom. The first kappa shape index (κ1) is 39.6. The zero-order chi connectivity index (χ0) is 42.9. The van der Waals surface area contributed by atoms with Crippen LogP contribution in [0, 0.1) is 6.92 Å². The number of carbonyl (C=O) groups excluding carboxylic acids is 3. The molecule has 2 spiro atoms. The van der Waals surface area contributed by atoms with E-state index in [0.717, 1.165) is 117 Å². The van der Waals surface area contributed by atoms with Crippen molar-refractivity contribution in [1.29, 1.82) is 0 Å². The number of carbonyl (C=O) groups is 3. The van der Waals surface area contributed by atoms with Crippen molar-refractivity contribution in [1.82, 2.24) is 34.5 Å². The third kappa shape index (κ3) is 5.90. The lowest BCUT2D eigenvalue weighted by Gasteiger charge is -2.49. The van der Waals surface area contributed by atoms with Crippen LogP contribution in [-0.2, 0) is 22.2 Å². The molecule has 1 aromatic heterocycles. The molecule has 5 fully saturated rings. The van der Waals surface area contributed by atoms with Crippen molar-refractivity contribution in [3.05, 3.63) is 97.0 Å². The number of aliphatic hydroxyl groups is 1. The highest BCUT2D eigenvalue weighted by Gasteiger charge is 2.51. The SMILES string of the molecule is Cc1cc2c(c3c1C(=O)N([C@H]1CCC(=O)NC1O)C3)OCC21CCN(C(=O)N2CC(N3CCC(c4ccc5c(c4)C4(CCCCC4)c4nc(=O)c6c(Cl)cccc6n4-5)CC3)C2)CC1. The average Bonchev–Trinajstić information content (AvgIpc) is 3.88. The normalized spacial score (nSPS) is 25.2. The number of hydrogen-bond donors (Lipinski definition) is 2. The maximum atomic E-state index is 13.9. The first-order valence-electron chi connectivity index (χ1n) is 23.3. The third-order valence-corrected chi connectivity index (χ3v) is 16.9. The first-order chi connectivity index (χ1) is 30.5. The number of nitrogens with one attached hydrogen (secondary N) is 1. The second kappa shape index (κ2) is 14.5. The van der Waals surface area contributed by atoms with Crippen molar-refractivity contribution in [2.45, 2.75) is 119 Å². The van der Waals surface area contributed by atoms with Crippen LogP contribution in [-0.4, -0.2) is 116 Å². The van der Waals surface area contributed by atoms with Crippen LogP contribution in [0.3, 0.4) is 0 Å². The molecule has 14 heteroatoms. The average molecular weight is 872 g/mol. The van der Waals surface area contributed by atoms with Gasteiger partial charge in [-0.3, -0.25) is 23.9 Å². The largest absolute Gasteiger partial charge is 0.492 e. The molecule has 63 heavy (non-hydrogen) atoms. The summed E-state index contributed by atoms with van der Waals surface area (Å²) in [4.78, 5) is 65.9. The maximum Gasteiger partial charge on any atom is 0.320 e. The second-order valence-electron chi connectivity index (χ2n) is 19.8. The Kier molecular flexibility index (Phi) is 9.13. The molecule has 4 amide bonds. The molecule has 4 saturated heterocycles. The lowest BCUT2D eigenvalue weighted by atomic mass is 9.69. The molecule has 0 radical (unpaired) electrons. The van der Waals surface area contributed by atoms with E-state index in [0.29, 0.717) is 60.6 Å². The quantitative estimate of drug-likeness (QED) is 0.261. The van der Waals surface area contributed by atoms with Crippen LogP contribution in [0.2, 0.25) is 5.02 Å². The van der Waals surface area contributed by atoms with Gasteiger partial charge in [-0.15, -0.1) is 0 Å². The standard InChI is InChI=1S/C49H54ClN7O6/c1-28-22-34-42(32-26-56(45(61)40(28)32)38-10-11-39(58)51-43(38)59)63-27-48(34)16-20-54(21-17-48)47(62)55-24-31(25-55)53-18-12-29(13-19-53)30-8-9-36-33(23-30)49(14-3-2-4-15-49)46-52-44(60)41-35(50)6-5-7-37(41)57(36)46/h5-9,22-23,29,31,38,43,59H,2-4,10-21,24-27H2,1H3,(H,51,58)/t38-,43?/m0/s1. The number of amides is 4. The summed E-state index contributed by atoms with van der Waals surface area (Å²) in [7, 11) is 0. The number of fused-ring (bicyclic) bond motifs is 11. The smallest absolute Gasteiger partial charge is 0.320 e. The van der Waals surface area contributed by atoms with E-state index in [-0.39, 0.29) is 40.7 Å². The molecule has 7 aliphatic heterocycles. The van der Waals surface area contributed by atoms with Crippen molar-refractivity contribution in [3.8, 4) is 11.4 Å².